The molecule has 1 saturated heterocycles. The van der Waals surface area contributed by atoms with Crippen LogP contribution < -0.4 is 15.5 Å². The zero-order valence-corrected chi connectivity index (χ0v) is 24.0. The molecular formula is C30H41NO11. The van der Waals surface area contributed by atoms with Crippen LogP contribution in [0, 0.1) is 18.3 Å². The van der Waals surface area contributed by atoms with Crippen LogP contribution in [0.4, 0.5) is 0 Å². The lowest BCUT2D eigenvalue weighted by atomic mass is 9.72. The average molecular weight is 592 g/mol. The lowest BCUT2D eigenvalue weighted by molar-refractivity contribution is -0.360. The molecule has 1 aromatic carbocycles. The van der Waals surface area contributed by atoms with Crippen molar-refractivity contribution in [1.29, 1.82) is 0 Å². The number of carbonyl (C=O) groups excluding carboxylic acids is 1. The van der Waals surface area contributed by atoms with Gasteiger partial charge in [0, 0.05) is 25.1 Å². The van der Waals surface area contributed by atoms with E-state index in [2.05, 4.69) is 5.32 Å². The summed E-state index contributed by atoms with van der Waals surface area (Å²) in [7, 11) is 0. The first kappa shape index (κ1) is 30.9. The first-order valence-electron chi connectivity index (χ1n) is 14.6. The van der Waals surface area contributed by atoms with Crippen LogP contribution in [0.3, 0.4) is 0 Å². The number of aryl methyl sites for hydroxylation is 1. The highest BCUT2D eigenvalue weighted by Crippen LogP contribution is 2.50. The van der Waals surface area contributed by atoms with Gasteiger partial charge in [-0.1, -0.05) is 12.8 Å². The molecule has 0 bridgehead atoms. The number of hydrogen-bond acceptors (Lipinski definition) is 11. The van der Waals surface area contributed by atoms with Crippen molar-refractivity contribution in [1.82, 2.24) is 5.32 Å². The maximum atomic E-state index is 12.8. The topological polar surface area (TPSA) is 188 Å². The number of nitrogens with one attached hydrogen (secondary N) is 1. The summed E-state index contributed by atoms with van der Waals surface area (Å²) < 4.78 is 12.4. The molecule has 2 fully saturated rings. The van der Waals surface area contributed by atoms with Crippen molar-refractivity contribution in [3.05, 3.63) is 39.7 Å². The summed E-state index contributed by atoms with van der Waals surface area (Å²) in [5.41, 5.74) is -0.358. The van der Waals surface area contributed by atoms with Crippen molar-refractivity contribution >= 4 is 16.9 Å². The second kappa shape index (κ2) is 12.2. The number of benzene rings is 1. The van der Waals surface area contributed by atoms with Gasteiger partial charge in [0.25, 0.3) is 0 Å². The molecule has 1 amide bonds. The minimum Gasteiger partial charge on any atom is -0.484 e. The van der Waals surface area contributed by atoms with Gasteiger partial charge in [0.15, 0.2) is 5.43 Å². The molecule has 3 aliphatic rings. The van der Waals surface area contributed by atoms with E-state index in [1.807, 2.05) is 6.92 Å². The van der Waals surface area contributed by atoms with E-state index in [4.69, 9.17) is 24.0 Å². The highest BCUT2D eigenvalue weighted by Gasteiger charge is 2.52. The molecular weight excluding hydrogens is 550 g/mol. The fourth-order valence-electron chi connectivity index (χ4n) is 6.79. The first-order chi connectivity index (χ1) is 20.0. The zero-order chi connectivity index (χ0) is 30.2. The minimum atomic E-state index is -1.80. The van der Waals surface area contributed by atoms with Crippen molar-refractivity contribution in [3.8, 4) is 5.75 Å². The molecule has 42 heavy (non-hydrogen) atoms. The van der Waals surface area contributed by atoms with E-state index in [0.29, 0.717) is 53.8 Å². The number of ether oxygens (including phenoxy) is 1. The van der Waals surface area contributed by atoms with Crippen LogP contribution in [0.15, 0.2) is 27.4 Å². The Morgan fingerprint density at radius 2 is 1.79 bits per heavy atom. The number of fused-ring (bicyclic) bond motifs is 2. The molecule has 6 N–H and O–H groups in total. The molecule has 0 radical (unpaired) electrons. The predicted molar refractivity (Wildman–Crippen MR) is 149 cm³/mol. The standard InChI is InChI=1S/C30H41NO11/c1-16-9-20(33)19-10-17-11-25(42-39-15-22(35)27(37)26(36)21(34)14-32)29(2,41-23(17)12-24(19)40-16)8-5-18-13-31-28(38)30(18)6-3-4-7-30/h9-10,12,18,21-22,25-27,32,34-37H,3-8,11,13-15H2,1-2H3,(H,31,38)/t18-,21-,22+,25-,26-,27-,29-/m1/s1. The monoisotopic (exact) mass is 591 g/mol. The van der Waals surface area contributed by atoms with Gasteiger partial charge in [0.2, 0.25) is 5.91 Å². The summed E-state index contributed by atoms with van der Waals surface area (Å²) in [6, 6.07) is 4.84. The zero-order valence-electron chi connectivity index (χ0n) is 24.0. The van der Waals surface area contributed by atoms with Gasteiger partial charge in [-0.15, -0.1) is 0 Å². The Morgan fingerprint density at radius 3 is 2.50 bits per heavy atom. The molecule has 1 saturated carbocycles. The molecule has 0 unspecified atom stereocenters. The Hall–Kier alpha value is -2.58. The van der Waals surface area contributed by atoms with Crippen molar-refractivity contribution in [2.24, 2.45) is 11.3 Å². The van der Waals surface area contributed by atoms with Gasteiger partial charge in [0.1, 0.15) is 59.8 Å². The van der Waals surface area contributed by atoms with Gasteiger partial charge in [-0.3, -0.25) is 9.59 Å². The molecule has 7 atom stereocenters. The second-order valence-corrected chi connectivity index (χ2v) is 12.3. The first-order valence-corrected chi connectivity index (χ1v) is 14.6. The Kier molecular flexibility index (Phi) is 8.96. The molecule has 2 aromatic rings. The van der Waals surface area contributed by atoms with Crippen LogP contribution in [0.25, 0.3) is 11.0 Å². The van der Waals surface area contributed by atoms with Gasteiger partial charge < -0.3 is 40.0 Å². The fourth-order valence-corrected chi connectivity index (χ4v) is 6.79. The van der Waals surface area contributed by atoms with Crippen molar-refractivity contribution in [2.45, 2.75) is 94.9 Å². The van der Waals surface area contributed by atoms with Crippen molar-refractivity contribution < 1.29 is 49.3 Å². The van der Waals surface area contributed by atoms with Crippen LogP contribution in [0.1, 0.15) is 56.8 Å². The molecule has 12 nitrogen and oxygen atoms in total. The predicted octanol–water partition coefficient (Wildman–Crippen LogP) is 0.634. The SMILES string of the molecule is Cc1cc(=O)c2cc3c(cc2o1)O[C@](C)(CC[C@@H]1CNC(=O)C12CCCC2)[C@H](OOC[C@H](O)[C@@H](O)[C@H](O)[C@H](O)CO)C3. The van der Waals surface area contributed by atoms with Crippen LogP contribution in [-0.2, 0) is 21.0 Å². The van der Waals surface area contributed by atoms with Gasteiger partial charge in [-0.2, -0.15) is 0 Å². The van der Waals surface area contributed by atoms with Gasteiger partial charge in [-0.25, -0.2) is 9.78 Å². The molecule has 1 aromatic heterocycles. The highest BCUT2D eigenvalue weighted by atomic mass is 17.2. The third-order valence-electron chi connectivity index (χ3n) is 9.44. The number of hydrogen-bond donors (Lipinski definition) is 6. The summed E-state index contributed by atoms with van der Waals surface area (Å²) in [4.78, 5) is 36.6. The summed E-state index contributed by atoms with van der Waals surface area (Å²) >= 11 is 0. The Labute approximate surface area is 243 Å². The maximum Gasteiger partial charge on any atom is 0.226 e. The molecule has 2 aliphatic heterocycles. The van der Waals surface area contributed by atoms with Crippen LogP contribution in [0.5, 0.6) is 5.75 Å². The van der Waals surface area contributed by atoms with Crippen molar-refractivity contribution in [3.63, 3.8) is 0 Å². The third-order valence-corrected chi connectivity index (χ3v) is 9.44. The third kappa shape index (κ3) is 5.81. The van der Waals surface area contributed by atoms with E-state index in [-0.39, 0.29) is 22.7 Å². The highest BCUT2D eigenvalue weighted by molar-refractivity contribution is 5.85. The Morgan fingerprint density at radius 1 is 1.07 bits per heavy atom. The number of rotatable bonds is 11. The molecule has 1 aliphatic carbocycles. The summed E-state index contributed by atoms with van der Waals surface area (Å²) in [5, 5.41) is 52.4. The van der Waals surface area contributed by atoms with E-state index >= 15 is 0 Å². The Bertz CT molecular complexity index is 1340. The summed E-state index contributed by atoms with van der Waals surface area (Å²) in [6.45, 7) is 2.86. The molecule has 12 heteroatoms. The number of aliphatic hydroxyl groups is 5. The van der Waals surface area contributed by atoms with E-state index < -0.39 is 49.3 Å². The average Bonchev–Trinajstić information content (AvgIpc) is 3.57. The van der Waals surface area contributed by atoms with E-state index in [9.17, 15) is 30.0 Å². The van der Waals surface area contributed by atoms with Crippen LogP contribution in [-0.4, -0.2) is 87.3 Å². The van der Waals surface area contributed by atoms with E-state index in [1.54, 1.807) is 19.1 Å². The smallest absolute Gasteiger partial charge is 0.226 e. The van der Waals surface area contributed by atoms with Crippen LogP contribution in [0.2, 0.25) is 0 Å². The molecule has 3 heterocycles. The van der Waals surface area contributed by atoms with Gasteiger partial charge >= 0.3 is 0 Å². The van der Waals surface area contributed by atoms with Gasteiger partial charge in [0.05, 0.1) is 17.4 Å². The van der Waals surface area contributed by atoms with E-state index in [0.717, 1.165) is 25.7 Å². The molecule has 5 rings (SSSR count). The Balaban J connectivity index is 1.36. The second-order valence-electron chi connectivity index (χ2n) is 12.3. The number of aliphatic hydroxyl groups excluding tert-OH is 5. The van der Waals surface area contributed by atoms with Crippen LogP contribution >= 0.6 is 0 Å². The molecule has 1 spiro atoms. The quantitative estimate of drug-likeness (QED) is 0.159. The fraction of sp³-hybridized carbons (Fsp3) is 0.667. The lowest BCUT2D eigenvalue weighted by Crippen LogP contribution is -2.51. The largest absolute Gasteiger partial charge is 0.484 e. The summed E-state index contributed by atoms with van der Waals surface area (Å²) in [6.07, 6.45) is -2.26. The van der Waals surface area contributed by atoms with Gasteiger partial charge in [-0.05, 0) is 57.1 Å². The summed E-state index contributed by atoms with van der Waals surface area (Å²) in [5.74, 6) is 1.30. The molecule has 232 valence electrons. The number of carbonyl (C=O) groups is 1. The van der Waals surface area contributed by atoms with Crippen molar-refractivity contribution in [2.75, 3.05) is 19.8 Å². The lowest BCUT2D eigenvalue weighted by Gasteiger charge is -2.42. The van der Waals surface area contributed by atoms with E-state index in [1.165, 1.54) is 6.07 Å². The maximum absolute atomic E-state index is 12.8. The minimum absolute atomic E-state index is 0.124. The normalized spacial score (nSPS) is 27.8. The number of amides is 1.